The lowest BCUT2D eigenvalue weighted by Gasteiger charge is -2.34. The molecule has 2 aliphatic heterocycles. The fraction of sp³-hybridized carbons (Fsp3) is 0.778. The third-order valence-electron chi connectivity index (χ3n) is 4.62. The van der Waals surface area contributed by atoms with Gasteiger partial charge in [0.1, 0.15) is 6.10 Å². The molecule has 3 rings (SSSR count). The minimum Gasteiger partial charge on any atom is -0.377 e. The van der Waals surface area contributed by atoms with Gasteiger partial charge in [0.15, 0.2) is 5.96 Å². The zero-order valence-corrected chi connectivity index (χ0v) is 18.6. The van der Waals surface area contributed by atoms with Gasteiger partial charge < -0.3 is 24.4 Å². The Balaban J connectivity index is 0.00000261. The SMILES string of the molecule is CCNC(=NCCOCC1CCCO1)N1CCOC(c2cnn(C)c2)C1.I. The Labute approximate surface area is 178 Å². The molecule has 2 fully saturated rings. The first-order valence-electron chi connectivity index (χ1n) is 9.59. The lowest BCUT2D eigenvalue weighted by Crippen LogP contribution is -2.48. The number of hydrogen-bond acceptors (Lipinski definition) is 5. The van der Waals surface area contributed by atoms with E-state index in [-0.39, 0.29) is 36.2 Å². The van der Waals surface area contributed by atoms with Crippen molar-refractivity contribution in [2.75, 3.05) is 52.6 Å². The largest absolute Gasteiger partial charge is 0.377 e. The van der Waals surface area contributed by atoms with Crippen LogP contribution in [-0.4, -0.2) is 79.4 Å². The second-order valence-corrected chi connectivity index (χ2v) is 6.70. The number of aryl methyl sites for hydroxylation is 1. The summed E-state index contributed by atoms with van der Waals surface area (Å²) in [5.74, 6) is 0.922. The van der Waals surface area contributed by atoms with Crippen molar-refractivity contribution < 1.29 is 14.2 Å². The summed E-state index contributed by atoms with van der Waals surface area (Å²) < 4.78 is 19.0. The predicted molar refractivity (Wildman–Crippen MR) is 115 cm³/mol. The second kappa shape index (κ2) is 11.8. The molecule has 3 heterocycles. The molecule has 0 aromatic carbocycles. The fourth-order valence-corrected chi connectivity index (χ4v) is 3.28. The molecule has 1 aromatic rings. The summed E-state index contributed by atoms with van der Waals surface area (Å²) in [6, 6.07) is 0. The van der Waals surface area contributed by atoms with E-state index < -0.39 is 0 Å². The van der Waals surface area contributed by atoms with Crippen molar-refractivity contribution in [2.24, 2.45) is 12.0 Å². The van der Waals surface area contributed by atoms with E-state index in [1.807, 2.05) is 24.1 Å². The number of hydrogen-bond donors (Lipinski definition) is 1. The van der Waals surface area contributed by atoms with Gasteiger partial charge in [-0.3, -0.25) is 9.67 Å². The molecule has 9 heteroatoms. The van der Waals surface area contributed by atoms with Gasteiger partial charge >= 0.3 is 0 Å². The van der Waals surface area contributed by atoms with Crippen LogP contribution in [0.5, 0.6) is 0 Å². The van der Waals surface area contributed by atoms with E-state index in [1.54, 1.807) is 0 Å². The molecule has 2 aliphatic rings. The number of morpholine rings is 1. The van der Waals surface area contributed by atoms with Crippen LogP contribution in [0.3, 0.4) is 0 Å². The lowest BCUT2D eigenvalue weighted by molar-refractivity contribution is -0.00819. The number of nitrogens with zero attached hydrogens (tertiary/aromatic N) is 4. The van der Waals surface area contributed by atoms with Crippen LogP contribution >= 0.6 is 24.0 Å². The Hall–Kier alpha value is -0.910. The van der Waals surface area contributed by atoms with Crippen LogP contribution < -0.4 is 5.32 Å². The van der Waals surface area contributed by atoms with Crippen molar-refractivity contribution >= 4 is 29.9 Å². The third-order valence-corrected chi connectivity index (χ3v) is 4.62. The highest BCUT2D eigenvalue weighted by Crippen LogP contribution is 2.21. The van der Waals surface area contributed by atoms with Crippen molar-refractivity contribution in [1.29, 1.82) is 0 Å². The molecule has 2 unspecified atom stereocenters. The average Bonchev–Trinajstić information content (AvgIpc) is 3.32. The summed E-state index contributed by atoms with van der Waals surface area (Å²) in [7, 11) is 1.92. The molecular weight excluding hydrogens is 461 g/mol. The van der Waals surface area contributed by atoms with E-state index in [2.05, 4.69) is 22.2 Å². The molecule has 0 spiro atoms. The molecule has 0 amide bonds. The Morgan fingerprint density at radius 2 is 2.30 bits per heavy atom. The predicted octanol–water partition coefficient (Wildman–Crippen LogP) is 1.57. The Morgan fingerprint density at radius 3 is 3.00 bits per heavy atom. The maximum Gasteiger partial charge on any atom is 0.194 e. The van der Waals surface area contributed by atoms with Crippen LogP contribution in [0.2, 0.25) is 0 Å². The molecule has 0 saturated carbocycles. The quantitative estimate of drug-likeness (QED) is 0.269. The van der Waals surface area contributed by atoms with Crippen molar-refractivity contribution in [3.8, 4) is 0 Å². The average molecular weight is 493 g/mol. The van der Waals surface area contributed by atoms with E-state index in [9.17, 15) is 0 Å². The molecule has 2 saturated heterocycles. The lowest BCUT2D eigenvalue weighted by atomic mass is 10.1. The maximum atomic E-state index is 5.92. The normalized spacial score (nSPS) is 23.3. The highest BCUT2D eigenvalue weighted by molar-refractivity contribution is 14.0. The van der Waals surface area contributed by atoms with E-state index in [0.717, 1.165) is 50.6 Å². The standard InChI is InChI=1S/C18H31N5O3.HI/c1-3-19-18(20-6-9-24-14-16-5-4-8-25-16)23-7-10-26-17(13-23)15-11-21-22(2)12-15;/h11-12,16-17H,3-10,13-14H2,1-2H3,(H,19,20);1H. The Bertz CT molecular complexity index is 577. The monoisotopic (exact) mass is 493 g/mol. The van der Waals surface area contributed by atoms with Crippen LogP contribution in [0.25, 0.3) is 0 Å². The van der Waals surface area contributed by atoms with Crippen LogP contribution in [0.4, 0.5) is 0 Å². The van der Waals surface area contributed by atoms with Crippen molar-refractivity contribution in [3.63, 3.8) is 0 Å². The molecule has 0 radical (unpaired) electrons. The zero-order valence-electron chi connectivity index (χ0n) is 16.3. The molecule has 8 nitrogen and oxygen atoms in total. The molecule has 1 aromatic heterocycles. The molecule has 154 valence electrons. The summed E-state index contributed by atoms with van der Waals surface area (Å²) in [6.07, 6.45) is 6.43. The number of nitrogens with one attached hydrogen (secondary N) is 1. The van der Waals surface area contributed by atoms with Crippen LogP contribution in [-0.2, 0) is 21.3 Å². The highest BCUT2D eigenvalue weighted by atomic mass is 127. The summed E-state index contributed by atoms with van der Waals surface area (Å²) in [6.45, 7) is 8.01. The maximum absolute atomic E-state index is 5.92. The molecule has 0 aliphatic carbocycles. The molecule has 2 atom stereocenters. The second-order valence-electron chi connectivity index (χ2n) is 6.70. The zero-order chi connectivity index (χ0) is 18.2. The van der Waals surface area contributed by atoms with E-state index >= 15 is 0 Å². The number of aromatic nitrogens is 2. The minimum absolute atomic E-state index is 0. The summed E-state index contributed by atoms with van der Waals surface area (Å²) in [4.78, 5) is 6.98. The fourth-order valence-electron chi connectivity index (χ4n) is 3.28. The minimum atomic E-state index is 0. The summed E-state index contributed by atoms with van der Waals surface area (Å²) in [5, 5.41) is 7.63. The van der Waals surface area contributed by atoms with E-state index in [4.69, 9.17) is 19.2 Å². The van der Waals surface area contributed by atoms with Crippen molar-refractivity contribution in [2.45, 2.75) is 32.0 Å². The molecule has 0 bridgehead atoms. The van der Waals surface area contributed by atoms with Gasteiger partial charge in [-0.1, -0.05) is 0 Å². The molecule has 27 heavy (non-hydrogen) atoms. The Kier molecular flexibility index (Phi) is 9.80. The summed E-state index contributed by atoms with van der Waals surface area (Å²) >= 11 is 0. The first-order chi connectivity index (χ1) is 12.8. The van der Waals surface area contributed by atoms with Gasteiger partial charge in [0, 0.05) is 38.5 Å². The van der Waals surface area contributed by atoms with Crippen LogP contribution in [0.1, 0.15) is 31.4 Å². The van der Waals surface area contributed by atoms with E-state index in [0.29, 0.717) is 26.4 Å². The van der Waals surface area contributed by atoms with E-state index in [1.165, 1.54) is 0 Å². The van der Waals surface area contributed by atoms with Crippen molar-refractivity contribution in [3.05, 3.63) is 18.0 Å². The third kappa shape index (κ3) is 6.88. The number of ether oxygens (including phenoxy) is 3. The van der Waals surface area contributed by atoms with Crippen molar-refractivity contribution in [1.82, 2.24) is 20.0 Å². The highest BCUT2D eigenvalue weighted by Gasteiger charge is 2.25. The number of aliphatic imine (C=N–C) groups is 1. The number of rotatable bonds is 7. The molecular formula is C18H32IN5O3. The van der Waals surface area contributed by atoms with Gasteiger partial charge in [0.2, 0.25) is 0 Å². The van der Waals surface area contributed by atoms with Gasteiger partial charge in [-0.15, -0.1) is 24.0 Å². The Morgan fingerprint density at radius 1 is 1.41 bits per heavy atom. The number of guanidine groups is 1. The van der Waals surface area contributed by atoms with Crippen LogP contribution in [0.15, 0.2) is 17.4 Å². The molecule has 1 N–H and O–H groups in total. The smallest absolute Gasteiger partial charge is 0.194 e. The van der Waals surface area contributed by atoms with Gasteiger partial charge in [0.05, 0.1) is 45.2 Å². The van der Waals surface area contributed by atoms with Gasteiger partial charge in [-0.2, -0.15) is 5.10 Å². The van der Waals surface area contributed by atoms with Crippen LogP contribution in [0, 0.1) is 0 Å². The topological polar surface area (TPSA) is 73.1 Å². The summed E-state index contributed by atoms with van der Waals surface area (Å²) in [5.41, 5.74) is 1.10. The first kappa shape index (κ1) is 22.4. The first-order valence-corrected chi connectivity index (χ1v) is 9.59. The van der Waals surface area contributed by atoms with Gasteiger partial charge in [-0.05, 0) is 19.8 Å². The van der Waals surface area contributed by atoms with Gasteiger partial charge in [0.25, 0.3) is 0 Å². The number of halogens is 1. The van der Waals surface area contributed by atoms with Gasteiger partial charge in [-0.25, -0.2) is 0 Å².